The molecule has 13 nitrogen and oxygen atoms in total. The summed E-state index contributed by atoms with van der Waals surface area (Å²) in [7, 11) is 0. The summed E-state index contributed by atoms with van der Waals surface area (Å²) in [5, 5.41) is 49.6. The van der Waals surface area contributed by atoms with Gasteiger partial charge >= 0.3 is 29.8 Å². The minimum atomic E-state index is -0.935. The van der Waals surface area contributed by atoms with Crippen molar-refractivity contribution in [3.05, 3.63) is 60.8 Å². The molecule has 0 aromatic carbocycles. The van der Waals surface area contributed by atoms with Crippen LogP contribution in [0.3, 0.4) is 0 Å². The monoisotopic (exact) mass is 632 g/mol. The number of carboxylic acid groups (broad SMARTS) is 3. The van der Waals surface area contributed by atoms with Gasteiger partial charge < -0.3 is 40.1 Å². The number of carbonyl (C=O) groups is 5. The molecule has 0 aliphatic rings. The highest BCUT2D eigenvalue weighted by atomic mass is 16.5. The Morgan fingerprint density at radius 2 is 0.750 bits per heavy atom. The van der Waals surface area contributed by atoms with Gasteiger partial charge in [0, 0.05) is 33.3 Å². The van der Waals surface area contributed by atoms with Gasteiger partial charge in [-0.25, -0.2) is 24.0 Å². The first kappa shape index (κ1) is 49.6. The summed E-state index contributed by atoms with van der Waals surface area (Å²) >= 11 is 0. The second kappa shape index (κ2) is 30.4. The van der Waals surface area contributed by atoms with Gasteiger partial charge in [0.2, 0.25) is 0 Å². The number of carboxylic acids is 3. The number of carbonyl (C=O) groups excluding carboxylic acids is 2. The van der Waals surface area contributed by atoms with E-state index in [-0.39, 0.29) is 48.5 Å². The summed E-state index contributed by atoms with van der Waals surface area (Å²) in [5.74, 6) is -3.53. The molecule has 44 heavy (non-hydrogen) atoms. The third-order valence-electron chi connectivity index (χ3n) is 4.80. The molecule has 0 atom stereocenters. The molecule has 0 aliphatic heterocycles. The van der Waals surface area contributed by atoms with E-state index in [1.54, 1.807) is 13.8 Å². The van der Waals surface area contributed by atoms with Crippen molar-refractivity contribution in [2.24, 2.45) is 5.41 Å². The van der Waals surface area contributed by atoms with Crippen molar-refractivity contribution in [2.75, 3.05) is 33.0 Å². The molecule has 0 radical (unpaired) electrons. The van der Waals surface area contributed by atoms with Gasteiger partial charge in [0.1, 0.15) is 0 Å². The van der Waals surface area contributed by atoms with Gasteiger partial charge in [0.25, 0.3) is 0 Å². The van der Waals surface area contributed by atoms with Gasteiger partial charge in [-0.05, 0) is 60.3 Å². The Bertz CT molecular complexity index is 817. The smallest absolute Gasteiger partial charge is 0.333 e. The average molecular weight is 633 g/mol. The number of aliphatic hydroxyl groups excluding tert-OH is 3. The molecule has 0 aromatic heterocycles. The highest BCUT2D eigenvalue weighted by molar-refractivity contribution is 5.87. The number of aliphatic hydroxyl groups is 3. The number of rotatable bonds is 15. The van der Waals surface area contributed by atoms with Crippen LogP contribution in [0.1, 0.15) is 67.2 Å². The van der Waals surface area contributed by atoms with E-state index in [1.165, 1.54) is 20.8 Å². The summed E-state index contributed by atoms with van der Waals surface area (Å²) in [6.07, 6.45) is 2.94. The molecule has 254 valence electrons. The Morgan fingerprint density at radius 3 is 0.864 bits per heavy atom. The van der Waals surface area contributed by atoms with Gasteiger partial charge in [-0.15, -0.1) is 0 Å². The minimum absolute atomic E-state index is 0.156. The first-order valence-electron chi connectivity index (χ1n) is 13.3. The fraction of sp³-hybridized carbons (Fsp3) is 0.516. The van der Waals surface area contributed by atoms with Crippen LogP contribution >= 0.6 is 0 Å². The van der Waals surface area contributed by atoms with E-state index in [4.69, 9.17) is 40.1 Å². The molecule has 13 heteroatoms. The Labute approximate surface area is 260 Å². The van der Waals surface area contributed by atoms with Crippen LogP contribution in [0, 0.1) is 5.41 Å². The Balaban J connectivity index is -0.000000158. The summed E-state index contributed by atoms with van der Waals surface area (Å²) in [5.41, 5.74) is 0.667. The van der Waals surface area contributed by atoms with Crippen molar-refractivity contribution in [1.82, 2.24) is 0 Å². The summed E-state index contributed by atoms with van der Waals surface area (Å²) in [6, 6.07) is 0. The number of esters is 2. The quantitative estimate of drug-likeness (QED) is 0.0861. The maximum absolute atomic E-state index is 11.0. The molecule has 0 heterocycles. The van der Waals surface area contributed by atoms with E-state index >= 15 is 0 Å². The largest absolute Gasteiger partial charge is 0.478 e. The van der Waals surface area contributed by atoms with Crippen molar-refractivity contribution >= 4 is 29.8 Å². The van der Waals surface area contributed by atoms with Crippen molar-refractivity contribution < 1.29 is 64.1 Å². The van der Waals surface area contributed by atoms with Crippen LogP contribution in [-0.4, -0.2) is 93.5 Å². The minimum Gasteiger partial charge on any atom is -0.478 e. The highest BCUT2D eigenvalue weighted by Gasteiger charge is 2.24. The van der Waals surface area contributed by atoms with Crippen LogP contribution in [0.4, 0.5) is 0 Å². The van der Waals surface area contributed by atoms with Crippen LogP contribution < -0.4 is 0 Å². The molecule has 0 amide bonds. The Hall–Kier alpha value is -4.07. The van der Waals surface area contributed by atoms with Gasteiger partial charge in [-0.2, -0.15) is 0 Å². The van der Waals surface area contributed by atoms with E-state index < -0.39 is 23.3 Å². The molecule has 0 saturated heterocycles. The fourth-order valence-corrected chi connectivity index (χ4v) is 1.44. The van der Waals surface area contributed by atoms with Crippen LogP contribution in [0.15, 0.2) is 60.8 Å². The number of unbranched alkanes of at least 4 members (excludes halogenated alkanes) is 2. The standard InChI is InChI=1S/C13H20O4.C6H14O3.3C4H6O2/c1-10(2)12(14)16-8-6-5-7-9-17-13(15)11(3)4;1-2-6(3-7,4-8)5-9;3*1-3(2)4(5)6/h1,3,5-9H2,2,4H3;7-9H,2-5H2,1H3;3*1H2,2H3,(H,5,6). The Morgan fingerprint density at radius 1 is 0.523 bits per heavy atom. The van der Waals surface area contributed by atoms with Gasteiger partial charge in [-0.1, -0.05) is 39.8 Å². The molecule has 0 bridgehead atoms. The van der Waals surface area contributed by atoms with Crippen molar-refractivity contribution in [1.29, 1.82) is 0 Å². The third kappa shape index (κ3) is 36.0. The van der Waals surface area contributed by atoms with Crippen LogP contribution in [0.2, 0.25) is 0 Å². The van der Waals surface area contributed by atoms with Crippen molar-refractivity contribution in [3.63, 3.8) is 0 Å². The number of ether oxygens (including phenoxy) is 2. The van der Waals surface area contributed by atoms with E-state index in [9.17, 15) is 24.0 Å². The fourth-order valence-electron chi connectivity index (χ4n) is 1.44. The normalized spacial score (nSPS) is 9.20. The summed E-state index contributed by atoms with van der Waals surface area (Å²) in [6.45, 7) is 26.1. The summed E-state index contributed by atoms with van der Waals surface area (Å²) in [4.78, 5) is 50.8. The number of aliphatic carboxylic acids is 3. The lowest BCUT2D eigenvalue weighted by Gasteiger charge is -2.24. The molecule has 6 N–H and O–H groups in total. The molecular formula is C31H52O13. The molecule has 0 rings (SSSR count). The molecule has 0 spiro atoms. The van der Waals surface area contributed by atoms with Gasteiger partial charge in [0.05, 0.1) is 33.0 Å². The highest BCUT2D eigenvalue weighted by Crippen LogP contribution is 2.18. The van der Waals surface area contributed by atoms with Crippen molar-refractivity contribution in [2.45, 2.75) is 67.2 Å². The average Bonchev–Trinajstić information content (AvgIpc) is 2.94. The molecular weight excluding hydrogens is 580 g/mol. The second-order valence-corrected chi connectivity index (χ2v) is 9.48. The maximum Gasteiger partial charge on any atom is 0.333 e. The van der Waals surface area contributed by atoms with Gasteiger partial charge in [0.15, 0.2) is 0 Å². The molecule has 0 unspecified atom stereocenters. The van der Waals surface area contributed by atoms with Gasteiger partial charge in [-0.3, -0.25) is 0 Å². The van der Waals surface area contributed by atoms with E-state index in [0.717, 1.165) is 19.3 Å². The first-order chi connectivity index (χ1) is 20.1. The molecule has 0 aliphatic carbocycles. The topological polar surface area (TPSA) is 225 Å². The first-order valence-corrected chi connectivity index (χ1v) is 13.3. The van der Waals surface area contributed by atoms with Crippen LogP contribution in [0.5, 0.6) is 0 Å². The van der Waals surface area contributed by atoms with E-state index in [1.807, 2.05) is 6.92 Å². The predicted molar refractivity (Wildman–Crippen MR) is 167 cm³/mol. The van der Waals surface area contributed by atoms with E-state index in [0.29, 0.717) is 30.8 Å². The van der Waals surface area contributed by atoms with E-state index in [2.05, 4.69) is 32.9 Å². The molecule has 0 aromatic rings. The predicted octanol–water partition coefficient (Wildman–Crippen LogP) is 3.70. The zero-order chi connectivity index (χ0) is 36.1. The lowest BCUT2D eigenvalue weighted by molar-refractivity contribution is -0.139. The molecule has 0 saturated carbocycles. The Kier molecular flexibility index (Phi) is 34.3. The third-order valence-corrected chi connectivity index (χ3v) is 4.80. The number of hydrogen-bond acceptors (Lipinski definition) is 10. The van der Waals surface area contributed by atoms with Crippen LogP contribution in [-0.2, 0) is 33.4 Å². The van der Waals surface area contributed by atoms with Crippen molar-refractivity contribution in [3.8, 4) is 0 Å². The SMILES string of the molecule is C=C(C)C(=O)O.C=C(C)C(=O)O.C=C(C)C(=O)O.C=C(C)C(=O)OCCCCCOC(=O)C(=C)C.CCC(CO)(CO)CO. The molecule has 0 fully saturated rings. The summed E-state index contributed by atoms with van der Waals surface area (Å²) < 4.78 is 9.82. The lowest BCUT2D eigenvalue weighted by atomic mass is 9.88. The lowest BCUT2D eigenvalue weighted by Crippen LogP contribution is -2.32. The maximum atomic E-state index is 11.0. The number of hydrogen-bond donors (Lipinski definition) is 6. The second-order valence-electron chi connectivity index (χ2n) is 9.48. The van der Waals surface area contributed by atoms with Crippen LogP contribution in [0.25, 0.3) is 0 Å². The zero-order valence-corrected chi connectivity index (χ0v) is 26.9. The zero-order valence-electron chi connectivity index (χ0n) is 26.9.